The number of para-hydroxylation sites is 2. The van der Waals surface area contributed by atoms with Crippen LogP contribution in [0.5, 0.6) is 0 Å². The summed E-state index contributed by atoms with van der Waals surface area (Å²) in [6.07, 6.45) is 0. The first-order valence-corrected chi connectivity index (χ1v) is 8.71. The molecule has 0 aliphatic rings. The minimum atomic E-state index is -0.379. The quantitative estimate of drug-likeness (QED) is 0.644. The van der Waals surface area contributed by atoms with Gasteiger partial charge in [0, 0.05) is 11.5 Å². The molecule has 0 aliphatic carbocycles. The fraction of sp³-hybridized carbons (Fsp3) is 0.200. The molecule has 2 amide bonds. The second-order valence-electron chi connectivity index (χ2n) is 6.97. The largest absolute Gasteiger partial charge is 0.324 e. The third-order valence-corrected chi connectivity index (χ3v) is 4.17. The number of hydrogen-bond acceptors (Lipinski definition) is 2. The second-order valence-corrected chi connectivity index (χ2v) is 7.38. The Bertz CT molecular complexity index is 913. The number of amides is 2. The van der Waals surface area contributed by atoms with E-state index < -0.39 is 0 Å². The number of benzene rings is 2. The fourth-order valence-corrected chi connectivity index (χ4v) is 2.62. The molecule has 26 heavy (non-hydrogen) atoms. The predicted molar refractivity (Wildman–Crippen MR) is 106 cm³/mol. The molecular formula is C20H21ClN4O. The average molecular weight is 369 g/mol. The van der Waals surface area contributed by atoms with Crippen LogP contribution in [-0.4, -0.2) is 15.8 Å². The van der Waals surface area contributed by atoms with Crippen molar-refractivity contribution >= 4 is 29.1 Å². The molecule has 0 saturated heterocycles. The highest BCUT2D eigenvalue weighted by atomic mass is 35.5. The van der Waals surface area contributed by atoms with Gasteiger partial charge in [-0.2, -0.15) is 5.10 Å². The van der Waals surface area contributed by atoms with Gasteiger partial charge in [0.1, 0.15) is 5.82 Å². The highest BCUT2D eigenvalue weighted by Gasteiger charge is 2.21. The van der Waals surface area contributed by atoms with Crippen molar-refractivity contribution in [1.29, 1.82) is 0 Å². The van der Waals surface area contributed by atoms with Gasteiger partial charge in [-0.05, 0) is 24.3 Å². The number of carbonyl (C=O) groups is 1. The summed E-state index contributed by atoms with van der Waals surface area (Å²) in [5, 5.41) is 10.8. The van der Waals surface area contributed by atoms with Crippen molar-refractivity contribution in [2.24, 2.45) is 0 Å². The average Bonchev–Trinajstić information content (AvgIpc) is 3.02. The third-order valence-electron chi connectivity index (χ3n) is 3.84. The maximum Gasteiger partial charge on any atom is 0.324 e. The minimum absolute atomic E-state index is 0.143. The number of carbonyl (C=O) groups excluding carboxylic acids is 1. The van der Waals surface area contributed by atoms with E-state index in [0.29, 0.717) is 16.5 Å². The molecule has 0 bridgehead atoms. The molecule has 0 unspecified atom stereocenters. The fourth-order valence-electron chi connectivity index (χ4n) is 2.44. The van der Waals surface area contributed by atoms with Crippen LogP contribution in [0, 0.1) is 0 Å². The lowest BCUT2D eigenvalue weighted by molar-refractivity contribution is 0.262. The maximum absolute atomic E-state index is 12.5. The van der Waals surface area contributed by atoms with Crippen LogP contribution in [0.4, 0.5) is 16.3 Å². The topological polar surface area (TPSA) is 59.0 Å². The van der Waals surface area contributed by atoms with Crippen LogP contribution in [0.3, 0.4) is 0 Å². The zero-order valence-corrected chi connectivity index (χ0v) is 15.7. The molecule has 0 aliphatic heterocycles. The third kappa shape index (κ3) is 4.06. The van der Waals surface area contributed by atoms with Crippen LogP contribution in [-0.2, 0) is 5.41 Å². The zero-order valence-electron chi connectivity index (χ0n) is 15.0. The van der Waals surface area contributed by atoms with Gasteiger partial charge in [0.05, 0.1) is 22.1 Å². The van der Waals surface area contributed by atoms with Crippen LogP contribution in [0.25, 0.3) is 5.69 Å². The number of nitrogens with one attached hydrogen (secondary N) is 2. The molecule has 0 saturated carbocycles. The van der Waals surface area contributed by atoms with E-state index in [4.69, 9.17) is 11.6 Å². The molecule has 2 N–H and O–H groups in total. The van der Waals surface area contributed by atoms with Crippen molar-refractivity contribution in [3.05, 3.63) is 71.4 Å². The Morgan fingerprint density at radius 2 is 1.65 bits per heavy atom. The Balaban J connectivity index is 1.90. The summed E-state index contributed by atoms with van der Waals surface area (Å²) in [5.74, 6) is 0.589. The molecule has 1 aromatic heterocycles. The highest BCUT2D eigenvalue weighted by molar-refractivity contribution is 6.33. The molecular weight excluding hydrogens is 348 g/mol. The molecule has 0 spiro atoms. The van der Waals surface area contributed by atoms with E-state index in [1.165, 1.54) is 0 Å². The number of urea groups is 1. The van der Waals surface area contributed by atoms with Gasteiger partial charge < -0.3 is 5.32 Å². The molecule has 3 rings (SSSR count). The van der Waals surface area contributed by atoms with Crippen molar-refractivity contribution in [2.75, 3.05) is 10.6 Å². The van der Waals surface area contributed by atoms with Gasteiger partial charge in [0.15, 0.2) is 0 Å². The number of aromatic nitrogens is 2. The van der Waals surface area contributed by atoms with Crippen molar-refractivity contribution in [2.45, 2.75) is 26.2 Å². The van der Waals surface area contributed by atoms with Gasteiger partial charge in [0.2, 0.25) is 0 Å². The van der Waals surface area contributed by atoms with E-state index in [1.807, 2.05) is 48.5 Å². The first-order valence-electron chi connectivity index (χ1n) is 8.33. The number of halogens is 1. The van der Waals surface area contributed by atoms with Crippen molar-refractivity contribution in [3.63, 3.8) is 0 Å². The van der Waals surface area contributed by atoms with E-state index in [9.17, 15) is 4.79 Å². The maximum atomic E-state index is 12.5. The lowest BCUT2D eigenvalue weighted by atomic mass is 9.92. The number of rotatable bonds is 3. The van der Waals surface area contributed by atoms with E-state index >= 15 is 0 Å². The van der Waals surface area contributed by atoms with Crippen molar-refractivity contribution < 1.29 is 4.79 Å². The van der Waals surface area contributed by atoms with Gasteiger partial charge in [0.25, 0.3) is 0 Å². The number of nitrogens with zero attached hydrogens (tertiary/aromatic N) is 2. The van der Waals surface area contributed by atoms with Gasteiger partial charge in [-0.15, -0.1) is 0 Å². The van der Waals surface area contributed by atoms with Crippen LogP contribution in [0.15, 0.2) is 60.7 Å². The first-order chi connectivity index (χ1) is 12.3. The van der Waals surface area contributed by atoms with Gasteiger partial charge in [-0.3, -0.25) is 5.32 Å². The summed E-state index contributed by atoms with van der Waals surface area (Å²) >= 11 is 6.10. The molecule has 0 fully saturated rings. The summed E-state index contributed by atoms with van der Waals surface area (Å²) in [5.41, 5.74) is 2.16. The molecule has 1 heterocycles. The van der Waals surface area contributed by atoms with Crippen molar-refractivity contribution in [3.8, 4) is 5.69 Å². The summed E-state index contributed by atoms with van der Waals surface area (Å²) in [4.78, 5) is 12.5. The zero-order chi connectivity index (χ0) is 18.7. The number of anilines is 2. The van der Waals surface area contributed by atoms with Crippen molar-refractivity contribution in [1.82, 2.24) is 9.78 Å². The molecule has 6 heteroatoms. The smallest absolute Gasteiger partial charge is 0.306 e. The normalized spacial score (nSPS) is 11.2. The van der Waals surface area contributed by atoms with Crippen LogP contribution < -0.4 is 10.6 Å². The predicted octanol–water partition coefficient (Wildman–Crippen LogP) is 5.47. The summed E-state index contributed by atoms with van der Waals surface area (Å²) in [7, 11) is 0. The SMILES string of the molecule is CC(C)(C)c1cc(NC(=O)Nc2ccccc2Cl)n(-c2ccccc2)n1. The monoisotopic (exact) mass is 368 g/mol. The molecule has 3 aromatic rings. The Morgan fingerprint density at radius 3 is 2.31 bits per heavy atom. The summed E-state index contributed by atoms with van der Waals surface area (Å²) in [6.45, 7) is 6.24. The van der Waals surface area contributed by atoms with Gasteiger partial charge in [-0.1, -0.05) is 62.7 Å². The van der Waals surface area contributed by atoms with E-state index in [1.54, 1.807) is 16.8 Å². The molecule has 0 radical (unpaired) electrons. The second kappa shape index (κ2) is 7.22. The van der Waals surface area contributed by atoms with E-state index in [-0.39, 0.29) is 11.4 Å². The molecule has 5 nitrogen and oxygen atoms in total. The van der Waals surface area contributed by atoms with Gasteiger partial charge in [-0.25, -0.2) is 9.48 Å². The first kappa shape index (κ1) is 18.0. The Kier molecular flexibility index (Phi) is 5.00. The van der Waals surface area contributed by atoms with Crippen LogP contribution in [0.2, 0.25) is 5.02 Å². The highest BCUT2D eigenvalue weighted by Crippen LogP contribution is 2.27. The molecule has 134 valence electrons. The minimum Gasteiger partial charge on any atom is -0.306 e. The van der Waals surface area contributed by atoms with E-state index in [2.05, 4.69) is 36.5 Å². The Hall–Kier alpha value is -2.79. The summed E-state index contributed by atoms with van der Waals surface area (Å²) < 4.78 is 1.73. The lowest BCUT2D eigenvalue weighted by Gasteiger charge is -2.14. The summed E-state index contributed by atoms with van der Waals surface area (Å²) in [6, 6.07) is 18.3. The van der Waals surface area contributed by atoms with Crippen LogP contribution >= 0.6 is 11.6 Å². The van der Waals surface area contributed by atoms with E-state index in [0.717, 1.165) is 11.4 Å². The lowest BCUT2D eigenvalue weighted by Crippen LogP contribution is -2.21. The van der Waals surface area contributed by atoms with Gasteiger partial charge >= 0.3 is 6.03 Å². The van der Waals surface area contributed by atoms with Crippen LogP contribution in [0.1, 0.15) is 26.5 Å². The number of hydrogen-bond donors (Lipinski definition) is 2. The Labute approximate surface area is 158 Å². The standard InChI is InChI=1S/C20H21ClN4O/c1-20(2,3)17-13-18(25(24-17)14-9-5-4-6-10-14)23-19(26)22-16-12-8-7-11-15(16)21/h4-13H,1-3H3,(H2,22,23,26). The molecule has 2 aromatic carbocycles. The Morgan fingerprint density at radius 1 is 1.00 bits per heavy atom. The molecule has 0 atom stereocenters.